The van der Waals surface area contributed by atoms with Crippen LogP contribution in [-0.4, -0.2) is 26.2 Å². The van der Waals surface area contributed by atoms with Crippen LogP contribution in [0.3, 0.4) is 0 Å². The molecular formula is C13H13F2NO2. The van der Waals surface area contributed by atoms with Gasteiger partial charge in [0.2, 0.25) is 0 Å². The third-order valence-corrected chi connectivity index (χ3v) is 2.85. The number of rotatable bonds is 2. The number of carbonyl (C=O) groups is 1. The van der Waals surface area contributed by atoms with Crippen molar-refractivity contribution in [1.29, 1.82) is 0 Å². The average Bonchev–Trinajstić information content (AvgIpc) is 2.38. The molecule has 0 amide bonds. The summed E-state index contributed by atoms with van der Waals surface area (Å²) in [6, 6.07) is 2.01. The Morgan fingerprint density at radius 3 is 2.50 bits per heavy atom. The van der Waals surface area contributed by atoms with Gasteiger partial charge >= 0.3 is 5.97 Å². The number of nitrogens with one attached hydrogen (secondary N) is 1. The summed E-state index contributed by atoms with van der Waals surface area (Å²) in [6.07, 6.45) is 2.31. The zero-order valence-electron chi connectivity index (χ0n) is 9.93. The fourth-order valence-electron chi connectivity index (χ4n) is 1.97. The van der Waals surface area contributed by atoms with Gasteiger partial charge in [-0.1, -0.05) is 6.08 Å². The fraction of sp³-hybridized carbons (Fsp3) is 0.308. The highest BCUT2D eigenvalue weighted by molar-refractivity contribution is 5.90. The minimum absolute atomic E-state index is 0.0517. The normalized spacial score (nSPS) is 15.2. The zero-order chi connectivity index (χ0) is 13.1. The highest BCUT2D eigenvalue weighted by Crippen LogP contribution is 2.26. The van der Waals surface area contributed by atoms with Gasteiger partial charge in [-0.2, -0.15) is 0 Å². The van der Waals surface area contributed by atoms with E-state index in [-0.39, 0.29) is 11.1 Å². The number of hydrogen-bond acceptors (Lipinski definition) is 3. The second kappa shape index (κ2) is 5.27. The molecule has 0 spiro atoms. The molecule has 0 aromatic heterocycles. The van der Waals surface area contributed by atoms with Crippen LogP contribution in [0.15, 0.2) is 18.2 Å². The Hall–Kier alpha value is -1.75. The van der Waals surface area contributed by atoms with E-state index in [1.54, 1.807) is 6.08 Å². The Morgan fingerprint density at radius 2 is 2.00 bits per heavy atom. The molecule has 0 saturated heterocycles. The summed E-state index contributed by atoms with van der Waals surface area (Å²) in [4.78, 5) is 11.2. The van der Waals surface area contributed by atoms with Gasteiger partial charge in [0.05, 0.1) is 12.7 Å². The first kappa shape index (κ1) is 12.7. The molecule has 0 atom stereocenters. The molecule has 0 bridgehead atoms. The first-order chi connectivity index (χ1) is 8.63. The van der Waals surface area contributed by atoms with Crippen LogP contribution >= 0.6 is 0 Å². The van der Waals surface area contributed by atoms with E-state index in [9.17, 15) is 13.6 Å². The highest BCUT2D eigenvalue weighted by atomic mass is 19.1. The smallest absolute Gasteiger partial charge is 0.338 e. The Balaban J connectivity index is 2.44. The molecule has 0 saturated carbocycles. The minimum Gasteiger partial charge on any atom is -0.465 e. The van der Waals surface area contributed by atoms with E-state index in [0.29, 0.717) is 25.1 Å². The van der Waals surface area contributed by atoms with Gasteiger partial charge in [-0.15, -0.1) is 0 Å². The molecule has 0 radical (unpaired) electrons. The maximum absolute atomic E-state index is 13.9. The van der Waals surface area contributed by atoms with Crippen LogP contribution in [0.2, 0.25) is 0 Å². The molecule has 0 aliphatic carbocycles. The standard InChI is InChI=1S/C13H13F2NO2/c1-18-13(17)9-6-10(14)12(11(15)7-9)8-2-4-16-5-3-8/h2,6-7,16H,3-5H2,1H3. The van der Waals surface area contributed by atoms with E-state index in [1.165, 1.54) is 7.11 Å². The predicted molar refractivity (Wildman–Crippen MR) is 63.2 cm³/mol. The summed E-state index contributed by atoms with van der Waals surface area (Å²) in [5.41, 5.74) is 0.454. The molecule has 3 nitrogen and oxygen atoms in total. The minimum atomic E-state index is -0.751. The Morgan fingerprint density at radius 1 is 1.33 bits per heavy atom. The van der Waals surface area contributed by atoms with E-state index >= 15 is 0 Å². The molecule has 1 aromatic rings. The van der Waals surface area contributed by atoms with Crippen LogP contribution < -0.4 is 5.32 Å². The van der Waals surface area contributed by atoms with E-state index in [1.807, 2.05) is 0 Å². The van der Waals surface area contributed by atoms with Crippen molar-refractivity contribution in [2.45, 2.75) is 6.42 Å². The Labute approximate surface area is 103 Å². The summed E-state index contributed by atoms with van der Waals surface area (Å²) in [7, 11) is 1.17. The maximum atomic E-state index is 13.9. The van der Waals surface area contributed by atoms with Crippen molar-refractivity contribution < 1.29 is 18.3 Å². The van der Waals surface area contributed by atoms with Crippen LogP contribution in [0.1, 0.15) is 22.3 Å². The van der Waals surface area contributed by atoms with Gasteiger partial charge in [0.25, 0.3) is 0 Å². The molecule has 0 fully saturated rings. The van der Waals surface area contributed by atoms with Crippen molar-refractivity contribution in [3.63, 3.8) is 0 Å². The lowest BCUT2D eigenvalue weighted by molar-refractivity contribution is 0.0599. The maximum Gasteiger partial charge on any atom is 0.338 e. The summed E-state index contributed by atoms with van der Waals surface area (Å²) in [5, 5.41) is 3.07. The van der Waals surface area contributed by atoms with Crippen molar-refractivity contribution in [2.75, 3.05) is 20.2 Å². The number of carbonyl (C=O) groups excluding carboxylic acids is 1. The molecule has 96 valence electrons. The predicted octanol–water partition coefficient (Wildman–Crippen LogP) is 2.13. The van der Waals surface area contributed by atoms with E-state index < -0.39 is 17.6 Å². The third-order valence-electron chi connectivity index (χ3n) is 2.85. The van der Waals surface area contributed by atoms with Gasteiger partial charge in [-0.05, 0) is 30.7 Å². The Kier molecular flexibility index (Phi) is 3.72. The number of benzene rings is 1. The molecular weight excluding hydrogens is 240 g/mol. The fourth-order valence-corrected chi connectivity index (χ4v) is 1.97. The Bertz CT molecular complexity index is 489. The molecule has 1 N–H and O–H groups in total. The van der Waals surface area contributed by atoms with Gasteiger partial charge < -0.3 is 10.1 Å². The molecule has 1 aliphatic rings. The quantitative estimate of drug-likeness (QED) is 0.820. The van der Waals surface area contributed by atoms with Crippen LogP contribution in [0.4, 0.5) is 8.78 Å². The number of ether oxygens (including phenoxy) is 1. The van der Waals surface area contributed by atoms with E-state index in [2.05, 4.69) is 10.1 Å². The molecule has 5 heteroatoms. The molecule has 1 heterocycles. The molecule has 18 heavy (non-hydrogen) atoms. The first-order valence-electron chi connectivity index (χ1n) is 5.61. The van der Waals surface area contributed by atoms with Crippen LogP contribution in [0, 0.1) is 11.6 Å². The van der Waals surface area contributed by atoms with Crippen LogP contribution in [0.25, 0.3) is 5.57 Å². The zero-order valence-corrected chi connectivity index (χ0v) is 9.93. The largest absolute Gasteiger partial charge is 0.465 e. The SMILES string of the molecule is COC(=O)c1cc(F)c(C2=CCNCC2)c(F)c1. The summed E-state index contributed by atoms with van der Waals surface area (Å²) >= 11 is 0. The molecule has 2 rings (SSSR count). The first-order valence-corrected chi connectivity index (χ1v) is 5.61. The molecule has 0 unspecified atom stereocenters. The lowest BCUT2D eigenvalue weighted by atomic mass is 9.97. The molecule has 1 aliphatic heterocycles. The van der Waals surface area contributed by atoms with Gasteiger partial charge in [-0.3, -0.25) is 0 Å². The lowest BCUT2D eigenvalue weighted by Crippen LogP contribution is -2.20. The summed E-state index contributed by atoms with van der Waals surface area (Å²) in [5.74, 6) is -2.22. The van der Waals surface area contributed by atoms with Gasteiger partial charge in [-0.25, -0.2) is 13.6 Å². The number of esters is 1. The third kappa shape index (κ3) is 2.41. The summed E-state index contributed by atoms with van der Waals surface area (Å²) < 4.78 is 32.2. The van der Waals surface area contributed by atoms with Crippen molar-refractivity contribution in [1.82, 2.24) is 5.32 Å². The number of halogens is 2. The lowest BCUT2D eigenvalue weighted by Gasteiger charge is -2.16. The highest BCUT2D eigenvalue weighted by Gasteiger charge is 2.19. The monoisotopic (exact) mass is 253 g/mol. The van der Waals surface area contributed by atoms with Gasteiger partial charge in [0, 0.05) is 12.1 Å². The average molecular weight is 253 g/mol. The van der Waals surface area contributed by atoms with Crippen molar-refractivity contribution >= 4 is 11.5 Å². The van der Waals surface area contributed by atoms with Gasteiger partial charge in [0.15, 0.2) is 0 Å². The number of hydrogen-bond donors (Lipinski definition) is 1. The topological polar surface area (TPSA) is 38.3 Å². The van der Waals surface area contributed by atoms with Gasteiger partial charge in [0.1, 0.15) is 11.6 Å². The number of methoxy groups -OCH3 is 1. The second-order valence-electron chi connectivity index (χ2n) is 3.99. The molecule has 1 aromatic carbocycles. The van der Waals surface area contributed by atoms with Crippen LogP contribution in [-0.2, 0) is 4.74 Å². The summed E-state index contributed by atoms with van der Waals surface area (Å²) in [6.45, 7) is 1.27. The van der Waals surface area contributed by atoms with Crippen molar-refractivity contribution in [3.05, 3.63) is 41.0 Å². The van der Waals surface area contributed by atoms with Crippen LogP contribution in [0.5, 0.6) is 0 Å². The second-order valence-corrected chi connectivity index (χ2v) is 3.99. The van der Waals surface area contributed by atoms with Crippen molar-refractivity contribution in [2.24, 2.45) is 0 Å². The van der Waals surface area contributed by atoms with Crippen molar-refractivity contribution in [3.8, 4) is 0 Å². The van der Waals surface area contributed by atoms with E-state index in [0.717, 1.165) is 12.1 Å². The van der Waals surface area contributed by atoms with E-state index in [4.69, 9.17) is 0 Å².